The maximum absolute atomic E-state index is 11.6. The number of esters is 1. The summed E-state index contributed by atoms with van der Waals surface area (Å²) >= 11 is 0. The predicted molar refractivity (Wildman–Crippen MR) is 112 cm³/mol. The van der Waals surface area contributed by atoms with E-state index in [4.69, 9.17) is 9.16 Å². The van der Waals surface area contributed by atoms with Crippen LogP contribution in [0.25, 0.3) is 0 Å². The van der Waals surface area contributed by atoms with E-state index in [1.165, 1.54) is 17.5 Å². The largest absolute Gasteiger partial charge is 0.469 e. The summed E-state index contributed by atoms with van der Waals surface area (Å²) in [4.78, 5) is 11.6. The zero-order valence-corrected chi connectivity index (χ0v) is 17.8. The first-order valence-corrected chi connectivity index (χ1v) is 11.6. The Morgan fingerprint density at radius 2 is 1.44 bits per heavy atom. The van der Waals surface area contributed by atoms with Crippen LogP contribution >= 0.6 is 0 Å². The maximum Gasteiger partial charge on any atom is 0.305 e. The maximum atomic E-state index is 11.6. The lowest BCUT2D eigenvalue weighted by atomic mass is 9.80. The fourth-order valence-electron chi connectivity index (χ4n) is 4.20. The Hall–Kier alpha value is -1.91. The summed E-state index contributed by atoms with van der Waals surface area (Å²) < 4.78 is 11.9. The summed E-state index contributed by atoms with van der Waals surface area (Å²) in [6, 6.07) is 21.4. The van der Waals surface area contributed by atoms with Gasteiger partial charge in [-0.2, -0.15) is 0 Å². The van der Waals surface area contributed by atoms with E-state index in [-0.39, 0.29) is 17.1 Å². The van der Waals surface area contributed by atoms with Gasteiger partial charge < -0.3 is 9.16 Å². The highest BCUT2D eigenvalue weighted by Gasteiger charge is 2.52. The third kappa shape index (κ3) is 4.02. The van der Waals surface area contributed by atoms with Crippen LogP contribution in [0.15, 0.2) is 60.7 Å². The van der Waals surface area contributed by atoms with Crippen LogP contribution in [-0.4, -0.2) is 27.5 Å². The molecule has 0 spiro atoms. The zero-order chi connectivity index (χ0) is 19.5. The Morgan fingerprint density at radius 3 is 1.85 bits per heavy atom. The minimum absolute atomic E-state index is 0.0108. The van der Waals surface area contributed by atoms with Gasteiger partial charge in [0.2, 0.25) is 0 Å². The highest BCUT2D eigenvalue weighted by atomic mass is 28.4. The molecular weight excluding hydrogens is 352 g/mol. The number of hydrogen-bond acceptors (Lipinski definition) is 3. The van der Waals surface area contributed by atoms with E-state index in [1.807, 2.05) is 0 Å². The molecule has 1 saturated carbocycles. The number of carbonyl (C=O) groups excluding carboxylic acids is 1. The third-order valence-electron chi connectivity index (χ3n) is 5.64. The van der Waals surface area contributed by atoms with Crippen molar-refractivity contribution in [2.75, 3.05) is 7.11 Å². The second-order valence-electron chi connectivity index (χ2n) is 8.52. The minimum Gasteiger partial charge on any atom is -0.469 e. The molecule has 144 valence electrons. The molecule has 0 aliphatic heterocycles. The Kier molecular flexibility index (Phi) is 5.87. The van der Waals surface area contributed by atoms with Gasteiger partial charge in [-0.05, 0) is 34.2 Å². The van der Waals surface area contributed by atoms with Crippen molar-refractivity contribution in [3.8, 4) is 0 Å². The van der Waals surface area contributed by atoms with Crippen LogP contribution in [0.3, 0.4) is 0 Å². The Morgan fingerprint density at radius 1 is 0.963 bits per heavy atom. The first-order chi connectivity index (χ1) is 12.9. The summed E-state index contributed by atoms with van der Waals surface area (Å²) in [7, 11) is -1.02. The Bertz CT molecular complexity index is 707. The van der Waals surface area contributed by atoms with Crippen molar-refractivity contribution in [1.29, 1.82) is 0 Å². The molecule has 3 nitrogen and oxygen atoms in total. The highest BCUT2D eigenvalue weighted by molar-refractivity contribution is 6.99. The lowest BCUT2D eigenvalue weighted by Gasteiger charge is -2.48. The SMILES string of the molecule is COC(=O)CC1CC(O[Si](c2ccccc2)(c2ccccc2)C(C)(C)C)C1. The number of benzene rings is 2. The van der Waals surface area contributed by atoms with Gasteiger partial charge in [0.25, 0.3) is 8.32 Å². The van der Waals surface area contributed by atoms with E-state index in [0.717, 1.165) is 12.8 Å². The lowest BCUT2D eigenvalue weighted by molar-refractivity contribution is -0.143. The van der Waals surface area contributed by atoms with Gasteiger partial charge in [-0.3, -0.25) is 4.79 Å². The van der Waals surface area contributed by atoms with Gasteiger partial charge in [-0.15, -0.1) is 0 Å². The highest BCUT2D eigenvalue weighted by Crippen LogP contribution is 2.42. The van der Waals surface area contributed by atoms with Crippen molar-refractivity contribution >= 4 is 24.7 Å². The molecule has 0 atom stereocenters. The summed E-state index contributed by atoms with van der Waals surface area (Å²) in [6.07, 6.45) is 2.56. The molecule has 2 aromatic rings. The molecule has 4 heteroatoms. The van der Waals surface area contributed by atoms with Crippen molar-refractivity contribution in [1.82, 2.24) is 0 Å². The number of methoxy groups -OCH3 is 1. The van der Waals surface area contributed by atoms with Crippen molar-refractivity contribution in [2.45, 2.75) is 51.2 Å². The number of carbonyl (C=O) groups is 1. The standard InChI is InChI=1S/C23H30O3Si/c1-23(2,3)27(20-11-7-5-8-12-20,21-13-9-6-10-14-21)26-19-15-18(16-19)17-22(24)25-4/h5-14,18-19H,15-17H2,1-4H3. The molecule has 3 rings (SSSR count). The van der Waals surface area contributed by atoms with E-state index in [2.05, 4.69) is 81.4 Å². The van der Waals surface area contributed by atoms with Gasteiger partial charge in [-0.25, -0.2) is 0 Å². The number of hydrogen-bond donors (Lipinski definition) is 0. The average Bonchev–Trinajstić information content (AvgIpc) is 2.63. The van der Waals surface area contributed by atoms with Gasteiger partial charge in [0.05, 0.1) is 7.11 Å². The van der Waals surface area contributed by atoms with E-state index in [1.54, 1.807) is 0 Å². The fraction of sp³-hybridized carbons (Fsp3) is 0.435. The third-order valence-corrected chi connectivity index (χ3v) is 10.7. The zero-order valence-electron chi connectivity index (χ0n) is 16.8. The predicted octanol–water partition coefficient (Wildman–Crippen LogP) is 3.90. The van der Waals surface area contributed by atoms with Crippen LogP contribution in [-0.2, 0) is 14.0 Å². The van der Waals surface area contributed by atoms with Crippen molar-refractivity contribution in [3.05, 3.63) is 60.7 Å². The molecule has 0 bridgehead atoms. The Balaban J connectivity index is 1.93. The molecule has 1 aliphatic carbocycles. The van der Waals surface area contributed by atoms with Crippen molar-refractivity contribution < 1.29 is 14.0 Å². The topological polar surface area (TPSA) is 35.5 Å². The smallest absolute Gasteiger partial charge is 0.305 e. The van der Waals surface area contributed by atoms with Crippen molar-refractivity contribution in [2.24, 2.45) is 5.92 Å². The summed E-state index contributed by atoms with van der Waals surface area (Å²) in [5.41, 5.74) is 0. The molecule has 0 N–H and O–H groups in total. The van der Waals surface area contributed by atoms with Gasteiger partial charge in [-0.1, -0.05) is 81.4 Å². The summed E-state index contributed by atoms with van der Waals surface area (Å²) in [6.45, 7) is 6.89. The van der Waals surface area contributed by atoms with Crippen LogP contribution < -0.4 is 10.4 Å². The minimum atomic E-state index is -2.48. The molecule has 0 amide bonds. The van der Waals surface area contributed by atoms with Crippen molar-refractivity contribution in [3.63, 3.8) is 0 Å². The molecule has 0 heterocycles. The fourth-order valence-corrected chi connectivity index (χ4v) is 8.91. The van der Waals surface area contributed by atoms with E-state index < -0.39 is 8.32 Å². The molecule has 0 aromatic heterocycles. The van der Waals surface area contributed by atoms with Crippen LogP contribution in [0.4, 0.5) is 0 Å². The average molecular weight is 383 g/mol. The molecule has 1 aliphatic rings. The number of ether oxygens (including phenoxy) is 1. The van der Waals surface area contributed by atoms with Gasteiger partial charge in [0, 0.05) is 12.5 Å². The van der Waals surface area contributed by atoms with Gasteiger partial charge >= 0.3 is 5.97 Å². The lowest BCUT2D eigenvalue weighted by Crippen LogP contribution is -2.68. The van der Waals surface area contributed by atoms with Crippen LogP contribution in [0, 0.1) is 5.92 Å². The van der Waals surface area contributed by atoms with Crippen LogP contribution in [0.5, 0.6) is 0 Å². The van der Waals surface area contributed by atoms with Gasteiger partial charge in [0.1, 0.15) is 0 Å². The summed E-state index contributed by atoms with van der Waals surface area (Å²) in [5, 5.41) is 2.60. The second kappa shape index (κ2) is 7.99. The Labute approximate surface area is 163 Å². The molecular formula is C23H30O3Si. The first kappa shape index (κ1) is 19.8. The van der Waals surface area contributed by atoms with E-state index in [0.29, 0.717) is 12.3 Å². The van der Waals surface area contributed by atoms with Crippen LogP contribution in [0.2, 0.25) is 5.04 Å². The van der Waals surface area contributed by atoms with E-state index >= 15 is 0 Å². The number of rotatable bonds is 6. The molecule has 0 radical (unpaired) electrons. The van der Waals surface area contributed by atoms with Gasteiger partial charge in [0.15, 0.2) is 0 Å². The normalized spacial score (nSPS) is 20.0. The molecule has 0 unspecified atom stereocenters. The molecule has 0 saturated heterocycles. The molecule has 2 aromatic carbocycles. The van der Waals surface area contributed by atoms with E-state index in [9.17, 15) is 4.79 Å². The van der Waals surface area contributed by atoms with Crippen LogP contribution in [0.1, 0.15) is 40.0 Å². The summed E-state index contributed by atoms with van der Waals surface area (Å²) in [5.74, 6) is 0.254. The second-order valence-corrected chi connectivity index (χ2v) is 12.8. The quantitative estimate of drug-likeness (QED) is 0.561. The molecule has 27 heavy (non-hydrogen) atoms. The molecule has 1 fully saturated rings. The monoisotopic (exact) mass is 382 g/mol. The first-order valence-electron chi connectivity index (χ1n) is 9.72.